The van der Waals surface area contributed by atoms with E-state index >= 15 is 0 Å². The van der Waals surface area contributed by atoms with Gasteiger partial charge in [-0.3, -0.25) is 4.79 Å². The van der Waals surface area contributed by atoms with E-state index < -0.39 is 11.9 Å². The first-order valence-corrected chi connectivity index (χ1v) is 5.66. The van der Waals surface area contributed by atoms with Gasteiger partial charge in [-0.05, 0) is 29.5 Å². The van der Waals surface area contributed by atoms with Crippen LogP contribution >= 0.6 is 11.6 Å². The number of hydrogen-bond donors (Lipinski definition) is 1. The smallest absolute Gasteiger partial charge is 0.310 e. The van der Waals surface area contributed by atoms with Gasteiger partial charge >= 0.3 is 5.97 Å². The average molecular weight is 241 g/mol. The molecule has 1 aromatic carbocycles. The molecule has 0 spiro atoms. The summed E-state index contributed by atoms with van der Waals surface area (Å²) in [7, 11) is 0. The van der Waals surface area contributed by atoms with Gasteiger partial charge in [0.05, 0.1) is 5.92 Å². The maximum atomic E-state index is 11.2. The molecule has 0 aliphatic heterocycles. The summed E-state index contributed by atoms with van der Waals surface area (Å²) in [5, 5.41) is 9.82. The van der Waals surface area contributed by atoms with Crippen molar-refractivity contribution in [2.45, 2.75) is 33.1 Å². The summed E-state index contributed by atoms with van der Waals surface area (Å²) in [6.07, 6.45) is 0.600. The van der Waals surface area contributed by atoms with Gasteiger partial charge in [-0.1, -0.05) is 44.5 Å². The van der Waals surface area contributed by atoms with Crippen molar-refractivity contribution in [3.8, 4) is 0 Å². The van der Waals surface area contributed by atoms with Gasteiger partial charge in [-0.2, -0.15) is 0 Å². The van der Waals surface area contributed by atoms with Crippen molar-refractivity contribution in [2.24, 2.45) is 5.41 Å². The zero-order chi connectivity index (χ0) is 12.3. The Morgan fingerprint density at radius 3 is 2.50 bits per heavy atom. The number of aliphatic carboxylic acids is 1. The van der Waals surface area contributed by atoms with E-state index in [2.05, 4.69) is 0 Å². The minimum Gasteiger partial charge on any atom is -0.481 e. The third kappa shape index (κ3) is 3.86. The monoisotopic (exact) mass is 240 g/mol. The molecule has 0 aliphatic carbocycles. The van der Waals surface area contributed by atoms with Crippen LogP contribution in [-0.4, -0.2) is 11.1 Å². The van der Waals surface area contributed by atoms with Crippen molar-refractivity contribution >= 4 is 17.6 Å². The first-order chi connectivity index (χ1) is 7.29. The second-order valence-electron chi connectivity index (χ2n) is 5.21. The maximum Gasteiger partial charge on any atom is 0.310 e. The Morgan fingerprint density at radius 1 is 1.44 bits per heavy atom. The van der Waals surface area contributed by atoms with Crippen LogP contribution < -0.4 is 0 Å². The molecule has 16 heavy (non-hydrogen) atoms. The SMILES string of the molecule is CC(C)(C)CC(C(=O)O)c1cccc(Cl)c1. The van der Waals surface area contributed by atoms with E-state index in [1.54, 1.807) is 18.2 Å². The Bertz CT molecular complexity index is 380. The van der Waals surface area contributed by atoms with Gasteiger partial charge < -0.3 is 5.11 Å². The van der Waals surface area contributed by atoms with Crippen molar-refractivity contribution in [1.82, 2.24) is 0 Å². The predicted octanol–water partition coefficient (Wildman–Crippen LogP) is 3.94. The summed E-state index contributed by atoms with van der Waals surface area (Å²) in [5.41, 5.74) is 0.751. The molecular weight excluding hydrogens is 224 g/mol. The first kappa shape index (κ1) is 13.0. The van der Waals surface area contributed by atoms with Crippen LogP contribution in [0.5, 0.6) is 0 Å². The number of carboxylic acid groups (broad SMARTS) is 1. The molecule has 0 aliphatic rings. The van der Waals surface area contributed by atoms with Gasteiger partial charge in [0.25, 0.3) is 0 Å². The van der Waals surface area contributed by atoms with E-state index in [4.69, 9.17) is 11.6 Å². The van der Waals surface area contributed by atoms with Crippen LogP contribution in [0.2, 0.25) is 5.02 Å². The van der Waals surface area contributed by atoms with Gasteiger partial charge in [0.1, 0.15) is 0 Å². The molecule has 0 radical (unpaired) electrons. The molecule has 0 saturated heterocycles. The molecule has 0 fully saturated rings. The van der Waals surface area contributed by atoms with Gasteiger partial charge in [-0.25, -0.2) is 0 Å². The fraction of sp³-hybridized carbons (Fsp3) is 0.462. The summed E-state index contributed by atoms with van der Waals surface area (Å²) in [5.74, 6) is -1.28. The zero-order valence-electron chi connectivity index (χ0n) is 9.83. The normalized spacial score (nSPS) is 13.5. The lowest BCUT2D eigenvalue weighted by Crippen LogP contribution is -2.19. The Kier molecular flexibility index (Phi) is 3.98. The van der Waals surface area contributed by atoms with Crippen molar-refractivity contribution in [1.29, 1.82) is 0 Å². The van der Waals surface area contributed by atoms with Gasteiger partial charge in [0, 0.05) is 5.02 Å². The van der Waals surface area contributed by atoms with Crippen LogP contribution in [0, 0.1) is 5.41 Å². The molecule has 88 valence electrons. The summed E-state index contributed by atoms with van der Waals surface area (Å²) < 4.78 is 0. The first-order valence-electron chi connectivity index (χ1n) is 5.28. The van der Waals surface area contributed by atoms with Crippen LogP contribution in [0.4, 0.5) is 0 Å². The van der Waals surface area contributed by atoms with Crippen molar-refractivity contribution in [2.75, 3.05) is 0 Å². The Balaban J connectivity index is 2.99. The van der Waals surface area contributed by atoms with Gasteiger partial charge in [0.15, 0.2) is 0 Å². The van der Waals surface area contributed by atoms with Crippen molar-refractivity contribution in [3.63, 3.8) is 0 Å². The highest BCUT2D eigenvalue weighted by Gasteiger charge is 2.26. The Labute approximate surface area is 101 Å². The second-order valence-corrected chi connectivity index (χ2v) is 5.65. The number of rotatable bonds is 3. The second kappa shape index (κ2) is 4.88. The highest BCUT2D eigenvalue weighted by molar-refractivity contribution is 6.30. The van der Waals surface area contributed by atoms with Crippen LogP contribution in [0.1, 0.15) is 38.7 Å². The number of carboxylic acids is 1. The molecule has 1 unspecified atom stereocenters. The maximum absolute atomic E-state index is 11.2. The number of hydrogen-bond acceptors (Lipinski definition) is 1. The van der Waals surface area contributed by atoms with E-state index in [-0.39, 0.29) is 5.41 Å². The minimum absolute atomic E-state index is 0.0224. The van der Waals surface area contributed by atoms with Crippen molar-refractivity contribution < 1.29 is 9.90 Å². The zero-order valence-corrected chi connectivity index (χ0v) is 10.6. The van der Waals surface area contributed by atoms with Crippen LogP contribution in [0.15, 0.2) is 24.3 Å². The highest BCUT2D eigenvalue weighted by Crippen LogP contribution is 2.32. The van der Waals surface area contributed by atoms with E-state index in [9.17, 15) is 9.90 Å². The van der Waals surface area contributed by atoms with Gasteiger partial charge in [0.2, 0.25) is 0 Å². The van der Waals surface area contributed by atoms with Crippen LogP contribution in [-0.2, 0) is 4.79 Å². The molecule has 0 bridgehead atoms. The highest BCUT2D eigenvalue weighted by atomic mass is 35.5. The fourth-order valence-corrected chi connectivity index (χ4v) is 1.88. The lowest BCUT2D eigenvalue weighted by Gasteiger charge is -2.23. The summed E-state index contributed by atoms with van der Waals surface area (Å²) in [6.45, 7) is 6.11. The third-order valence-corrected chi connectivity index (χ3v) is 2.60. The summed E-state index contributed by atoms with van der Waals surface area (Å²) >= 11 is 5.87. The molecule has 1 aromatic rings. The standard InChI is InChI=1S/C13H17ClO2/c1-13(2,3)8-11(12(15)16)9-5-4-6-10(14)7-9/h4-7,11H,8H2,1-3H3,(H,15,16). The van der Waals surface area contributed by atoms with E-state index in [1.807, 2.05) is 26.8 Å². The quantitative estimate of drug-likeness (QED) is 0.869. The fourth-order valence-electron chi connectivity index (χ4n) is 1.68. The predicted molar refractivity (Wildman–Crippen MR) is 65.9 cm³/mol. The van der Waals surface area contributed by atoms with Crippen LogP contribution in [0.3, 0.4) is 0 Å². The average Bonchev–Trinajstić information content (AvgIpc) is 2.12. The lowest BCUT2D eigenvalue weighted by atomic mass is 9.81. The molecule has 2 nitrogen and oxygen atoms in total. The largest absolute Gasteiger partial charge is 0.481 e. The minimum atomic E-state index is -0.794. The molecule has 1 N–H and O–H groups in total. The molecule has 1 rings (SSSR count). The Hall–Kier alpha value is -1.02. The van der Waals surface area contributed by atoms with E-state index in [1.165, 1.54) is 0 Å². The summed E-state index contributed by atoms with van der Waals surface area (Å²) in [4.78, 5) is 11.2. The molecule has 0 amide bonds. The topological polar surface area (TPSA) is 37.3 Å². The Morgan fingerprint density at radius 2 is 2.06 bits per heavy atom. The third-order valence-electron chi connectivity index (χ3n) is 2.37. The number of benzene rings is 1. The van der Waals surface area contributed by atoms with E-state index in [0.29, 0.717) is 11.4 Å². The van der Waals surface area contributed by atoms with Gasteiger partial charge in [-0.15, -0.1) is 0 Å². The van der Waals surface area contributed by atoms with Crippen LogP contribution in [0.25, 0.3) is 0 Å². The van der Waals surface area contributed by atoms with Crippen molar-refractivity contribution in [3.05, 3.63) is 34.9 Å². The molecule has 0 aromatic heterocycles. The molecule has 1 atom stereocenters. The number of carbonyl (C=O) groups is 1. The summed E-state index contributed by atoms with van der Waals surface area (Å²) in [6, 6.07) is 7.08. The lowest BCUT2D eigenvalue weighted by molar-refractivity contribution is -0.139. The molecule has 3 heteroatoms. The van der Waals surface area contributed by atoms with E-state index in [0.717, 1.165) is 5.56 Å². The molecule has 0 saturated carbocycles. The number of halogens is 1. The molecule has 0 heterocycles. The molecular formula is C13H17ClO2.